The number of aryl methyl sites for hydroxylation is 2. The number of rotatable bonds is 6. The van der Waals surface area contributed by atoms with Gasteiger partial charge >= 0.3 is 0 Å². The quantitative estimate of drug-likeness (QED) is 0.0918. The first-order valence-corrected chi connectivity index (χ1v) is 11.6. The van der Waals surface area contributed by atoms with E-state index in [0.29, 0.717) is 0 Å². The molecule has 2 aromatic carbocycles. The highest BCUT2D eigenvalue weighted by atomic mass is 127. The molecule has 2 rings (SSSR count). The molecule has 2 nitrogen and oxygen atoms in total. The summed E-state index contributed by atoms with van der Waals surface area (Å²) in [4.78, 5) is 1.26. The highest BCUT2D eigenvalue weighted by Crippen LogP contribution is 2.35. The van der Waals surface area contributed by atoms with Crippen LogP contribution in [0.25, 0.3) is 0 Å². The Morgan fingerprint density at radius 3 is 2.29 bits per heavy atom. The number of thioether (sulfide) groups is 1. The predicted octanol–water partition coefficient (Wildman–Crippen LogP) is 7.72. The molecule has 0 aliphatic heterocycles. The minimum Gasteiger partial charge on any atom is -0.305 e. The van der Waals surface area contributed by atoms with Crippen LogP contribution in [0.2, 0.25) is 0 Å². The molecule has 0 amide bonds. The zero-order valence-corrected chi connectivity index (χ0v) is 19.8. The molecule has 0 atom stereocenters. The number of hydrogen-bond acceptors (Lipinski definition) is 6. The highest BCUT2D eigenvalue weighted by Gasteiger charge is 2.08. The Morgan fingerprint density at radius 2 is 1.71 bits per heavy atom. The Morgan fingerprint density at radius 1 is 1.08 bits per heavy atom. The van der Waals surface area contributed by atoms with E-state index in [1.807, 2.05) is 54.7 Å². The van der Waals surface area contributed by atoms with Crippen molar-refractivity contribution in [3.8, 4) is 0 Å². The summed E-state index contributed by atoms with van der Waals surface area (Å²) in [5.41, 5.74) is 4.99. The molecule has 0 aliphatic rings. The standard InChI is InChI=1S/C15H16INOS2.C2H6.H2S2/c1-11-8-12(2)15(17-20-18-16)14(9-11)19-10-13-6-4-3-5-7-13;2*1-2/h3-9,17H,10H2,1-2H3;1-2H3;1-2H. The van der Waals surface area contributed by atoms with Crippen molar-refractivity contribution in [1.29, 1.82) is 0 Å². The van der Waals surface area contributed by atoms with Crippen LogP contribution in [0.3, 0.4) is 0 Å². The molecule has 0 unspecified atom stereocenters. The van der Waals surface area contributed by atoms with E-state index in [4.69, 9.17) is 2.51 Å². The molecule has 0 spiro atoms. The van der Waals surface area contributed by atoms with Gasteiger partial charge in [-0.15, -0.1) is 35.1 Å². The SMILES string of the molecule is CC.Cc1cc(C)c(NSOI)c(SCc2ccccc2)c1.SS. The topological polar surface area (TPSA) is 21.3 Å². The molecule has 134 valence electrons. The Labute approximate surface area is 179 Å². The van der Waals surface area contributed by atoms with Crippen LogP contribution in [0.1, 0.15) is 30.5 Å². The van der Waals surface area contributed by atoms with Crippen molar-refractivity contribution in [3.05, 3.63) is 59.2 Å². The molecular weight excluding hydrogens is 489 g/mol. The van der Waals surface area contributed by atoms with Crippen molar-refractivity contribution in [2.75, 3.05) is 4.72 Å². The van der Waals surface area contributed by atoms with Gasteiger partial charge in [0.25, 0.3) is 0 Å². The molecule has 0 aromatic heterocycles. The fourth-order valence-corrected chi connectivity index (χ4v) is 3.83. The molecular formula is C17H24INOS4. The van der Waals surface area contributed by atoms with E-state index in [0.717, 1.165) is 11.4 Å². The fourth-order valence-electron chi connectivity index (χ4n) is 1.97. The normalized spacial score (nSPS) is 9.29. The number of hydrogen-bond donors (Lipinski definition) is 3. The molecule has 2 aromatic rings. The molecule has 0 saturated heterocycles. The smallest absolute Gasteiger partial charge is 0.129 e. The van der Waals surface area contributed by atoms with Crippen molar-refractivity contribution in [3.63, 3.8) is 0 Å². The first-order chi connectivity index (χ1) is 11.7. The molecule has 0 aliphatic carbocycles. The number of benzene rings is 2. The maximum atomic E-state index is 5.02. The number of thiol groups is 2. The lowest BCUT2D eigenvalue weighted by Crippen LogP contribution is -1.94. The second kappa shape index (κ2) is 15.6. The van der Waals surface area contributed by atoms with Crippen LogP contribution in [0, 0.1) is 13.8 Å². The largest absolute Gasteiger partial charge is 0.305 e. The van der Waals surface area contributed by atoms with Crippen molar-refractivity contribution in [2.45, 2.75) is 38.3 Å². The summed E-state index contributed by atoms with van der Waals surface area (Å²) in [5, 5.41) is 0. The van der Waals surface area contributed by atoms with E-state index < -0.39 is 0 Å². The fraction of sp³-hybridized carbons (Fsp3) is 0.294. The lowest BCUT2D eigenvalue weighted by Gasteiger charge is -2.14. The van der Waals surface area contributed by atoms with Gasteiger partial charge in [0.05, 0.1) is 5.69 Å². The third kappa shape index (κ3) is 9.15. The van der Waals surface area contributed by atoms with E-state index >= 15 is 0 Å². The molecule has 0 saturated carbocycles. The van der Waals surface area contributed by atoms with Crippen molar-refractivity contribution < 1.29 is 2.51 Å². The van der Waals surface area contributed by atoms with Crippen LogP contribution in [0.15, 0.2) is 47.4 Å². The summed E-state index contributed by atoms with van der Waals surface area (Å²) in [6.45, 7) is 8.25. The van der Waals surface area contributed by atoms with E-state index in [2.05, 4.69) is 78.3 Å². The second-order valence-electron chi connectivity index (χ2n) is 4.48. The minimum atomic E-state index is 0.966. The van der Waals surface area contributed by atoms with Crippen LogP contribution < -0.4 is 4.72 Å². The minimum absolute atomic E-state index is 0.966. The van der Waals surface area contributed by atoms with Crippen LogP contribution in [0.5, 0.6) is 0 Å². The van der Waals surface area contributed by atoms with Gasteiger partial charge in [-0.25, -0.2) is 2.51 Å². The Bertz CT molecular complexity index is 570. The first kappa shape index (κ1) is 24.3. The summed E-state index contributed by atoms with van der Waals surface area (Å²) in [7, 11) is 0. The van der Waals surface area contributed by atoms with Gasteiger partial charge in [0.15, 0.2) is 0 Å². The molecule has 7 heteroatoms. The van der Waals surface area contributed by atoms with Crippen molar-refractivity contribution in [2.24, 2.45) is 0 Å². The van der Waals surface area contributed by atoms with Gasteiger partial charge in [0.1, 0.15) is 35.2 Å². The average Bonchev–Trinajstić information content (AvgIpc) is 2.63. The Kier molecular flexibility index (Phi) is 15.8. The van der Waals surface area contributed by atoms with Gasteiger partial charge in [0, 0.05) is 10.6 Å². The van der Waals surface area contributed by atoms with E-state index in [-0.39, 0.29) is 0 Å². The van der Waals surface area contributed by atoms with Gasteiger partial charge < -0.3 is 4.72 Å². The summed E-state index contributed by atoms with van der Waals surface area (Å²) in [6, 6.07) is 14.9. The third-order valence-corrected chi connectivity index (χ3v) is 4.86. The van der Waals surface area contributed by atoms with Gasteiger partial charge in [-0.05, 0) is 36.6 Å². The molecule has 1 N–H and O–H groups in total. The van der Waals surface area contributed by atoms with Crippen molar-refractivity contribution >= 4 is 76.0 Å². The second-order valence-corrected chi connectivity index (χ2v) is 7.07. The third-order valence-electron chi connectivity index (χ3n) is 2.86. The van der Waals surface area contributed by atoms with Crippen molar-refractivity contribution in [1.82, 2.24) is 0 Å². The monoisotopic (exact) mass is 513 g/mol. The maximum absolute atomic E-state index is 5.02. The number of anilines is 1. The van der Waals surface area contributed by atoms with E-state index in [1.165, 1.54) is 33.8 Å². The van der Waals surface area contributed by atoms with Crippen LogP contribution in [-0.4, -0.2) is 0 Å². The molecule has 0 fully saturated rings. The summed E-state index contributed by atoms with van der Waals surface area (Å²) >= 11 is 11.4. The zero-order valence-electron chi connectivity index (χ0n) is 14.2. The molecule has 0 heterocycles. The van der Waals surface area contributed by atoms with Crippen LogP contribution in [0.4, 0.5) is 5.69 Å². The van der Waals surface area contributed by atoms with Crippen LogP contribution >= 0.6 is 70.3 Å². The summed E-state index contributed by atoms with van der Waals surface area (Å²) in [5.74, 6) is 0.966. The summed E-state index contributed by atoms with van der Waals surface area (Å²) < 4.78 is 8.28. The van der Waals surface area contributed by atoms with E-state index in [9.17, 15) is 0 Å². The molecule has 24 heavy (non-hydrogen) atoms. The highest BCUT2D eigenvalue weighted by molar-refractivity contribution is 14.1. The average molecular weight is 514 g/mol. The van der Waals surface area contributed by atoms with Gasteiger partial charge in [0.2, 0.25) is 0 Å². The maximum Gasteiger partial charge on any atom is 0.129 e. The number of halogens is 1. The Balaban J connectivity index is 0.00000123. The van der Waals surface area contributed by atoms with Gasteiger partial charge in [-0.2, -0.15) is 0 Å². The first-order valence-electron chi connectivity index (χ1n) is 7.39. The summed E-state index contributed by atoms with van der Waals surface area (Å²) in [6.07, 6.45) is 0. The Hall–Kier alpha value is 0.330. The lowest BCUT2D eigenvalue weighted by molar-refractivity contribution is 0.847. The number of nitrogens with one attached hydrogen (secondary N) is 1. The molecule has 0 radical (unpaired) electrons. The predicted molar refractivity (Wildman–Crippen MR) is 128 cm³/mol. The van der Waals surface area contributed by atoms with Crippen LogP contribution in [-0.2, 0) is 8.27 Å². The van der Waals surface area contributed by atoms with Gasteiger partial charge in [-0.1, -0.05) is 50.2 Å². The van der Waals surface area contributed by atoms with Gasteiger partial charge in [-0.3, -0.25) is 0 Å². The van der Waals surface area contributed by atoms with E-state index in [1.54, 1.807) is 0 Å². The molecule has 0 bridgehead atoms. The zero-order chi connectivity index (χ0) is 18.4. The lowest BCUT2D eigenvalue weighted by atomic mass is 10.1.